The van der Waals surface area contributed by atoms with Gasteiger partial charge >= 0.3 is 0 Å². The summed E-state index contributed by atoms with van der Waals surface area (Å²) in [6, 6.07) is 0.522. The van der Waals surface area contributed by atoms with Gasteiger partial charge in [-0.25, -0.2) is 15.8 Å². The first-order valence-electron chi connectivity index (χ1n) is 6.09. The van der Waals surface area contributed by atoms with Crippen LogP contribution >= 0.6 is 0 Å². The van der Waals surface area contributed by atoms with Gasteiger partial charge in [-0.2, -0.15) is 0 Å². The van der Waals surface area contributed by atoms with Crippen LogP contribution in [0.15, 0.2) is 0 Å². The summed E-state index contributed by atoms with van der Waals surface area (Å²) in [5.74, 6) is 8.72. The Morgan fingerprint density at radius 2 is 2.00 bits per heavy atom. The Balaban J connectivity index is 2.32. The molecule has 2 rings (SSSR count). The van der Waals surface area contributed by atoms with Crippen LogP contribution in [0.3, 0.4) is 0 Å². The van der Waals surface area contributed by atoms with Crippen molar-refractivity contribution in [2.45, 2.75) is 39.7 Å². The minimum atomic E-state index is 0.522. The van der Waals surface area contributed by atoms with Crippen LogP contribution in [-0.2, 0) is 0 Å². The summed E-state index contributed by atoms with van der Waals surface area (Å²) < 4.78 is 0. The second kappa shape index (κ2) is 4.49. The van der Waals surface area contributed by atoms with E-state index < -0.39 is 0 Å². The fourth-order valence-electron chi connectivity index (χ4n) is 2.19. The van der Waals surface area contributed by atoms with Crippen LogP contribution in [0.5, 0.6) is 0 Å². The zero-order valence-electron chi connectivity index (χ0n) is 11.0. The van der Waals surface area contributed by atoms with Crippen LogP contribution in [0.4, 0.5) is 11.6 Å². The summed E-state index contributed by atoms with van der Waals surface area (Å²) in [5.41, 5.74) is 3.64. The normalized spacial score (nSPS) is 16.8. The Kier molecular flexibility index (Phi) is 3.19. The second-order valence-electron chi connectivity index (χ2n) is 4.90. The van der Waals surface area contributed by atoms with Gasteiger partial charge in [0.1, 0.15) is 17.5 Å². The number of nitrogens with zero attached hydrogens (tertiary/aromatic N) is 3. The van der Waals surface area contributed by atoms with Crippen molar-refractivity contribution < 1.29 is 0 Å². The molecule has 5 heteroatoms. The first kappa shape index (κ1) is 12.1. The molecule has 1 saturated carbocycles. The van der Waals surface area contributed by atoms with Crippen LogP contribution in [0, 0.1) is 19.8 Å². The van der Waals surface area contributed by atoms with Gasteiger partial charge in [0.2, 0.25) is 0 Å². The molecule has 0 amide bonds. The highest BCUT2D eigenvalue weighted by Gasteiger charge is 2.31. The Morgan fingerprint density at radius 3 is 2.53 bits per heavy atom. The van der Waals surface area contributed by atoms with Gasteiger partial charge in [0.15, 0.2) is 0 Å². The van der Waals surface area contributed by atoms with Gasteiger partial charge in [0.25, 0.3) is 0 Å². The molecule has 17 heavy (non-hydrogen) atoms. The maximum atomic E-state index is 5.48. The molecule has 1 fully saturated rings. The number of hydrogen-bond acceptors (Lipinski definition) is 5. The first-order valence-corrected chi connectivity index (χ1v) is 6.09. The van der Waals surface area contributed by atoms with Crippen molar-refractivity contribution in [3.05, 3.63) is 11.4 Å². The van der Waals surface area contributed by atoms with Gasteiger partial charge in [-0.1, -0.05) is 0 Å². The van der Waals surface area contributed by atoms with Crippen LogP contribution in [-0.4, -0.2) is 23.1 Å². The molecule has 1 heterocycles. The zero-order valence-corrected chi connectivity index (χ0v) is 11.0. The van der Waals surface area contributed by atoms with E-state index in [1.165, 1.54) is 12.8 Å². The molecule has 0 radical (unpaired) electrons. The Bertz CT molecular complexity index is 414. The lowest BCUT2D eigenvalue weighted by atomic mass is 10.1. The van der Waals surface area contributed by atoms with Crippen molar-refractivity contribution in [1.82, 2.24) is 9.97 Å². The molecular weight excluding hydrogens is 214 g/mol. The minimum Gasteiger partial charge on any atom is -0.356 e. The maximum Gasteiger partial charge on any atom is 0.148 e. The summed E-state index contributed by atoms with van der Waals surface area (Å²) in [6.07, 6.45) is 2.66. The van der Waals surface area contributed by atoms with Crippen LogP contribution in [0.25, 0.3) is 0 Å². The fourth-order valence-corrected chi connectivity index (χ4v) is 2.19. The highest BCUT2D eigenvalue weighted by Crippen LogP contribution is 2.36. The molecule has 5 nitrogen and oxygen atoms in total. The van der Waals surface area contributed by atoms with E-state index in [1.807, 2.05) is 13.8 Å². The molecule has 0 bridgehead atoms. The number of nitrogen functional groups attached to an aromatic ring is 1. The van der Waals surface area contributed by atoms with E-state index in [4.69, 9.17) is 5.84 Å². The number of aryl methyl sites for hydroxylation is 1. The van der Waals surface area contributed by atoms with E-state index in [2.05, 4.69) is 34.3 Å². The summed E-state index contributed by atoms with van der Waals surface area (Å²) in [6.45, 7) is 6.14. The van der Waals surface area contributed by atoms with Gasteiger partial charge in [-0.15, -0.1) is 0 Å². The second-order valence-corrected chi connectivity index (χ2v) is 4.90. The fraction of sp³-hybridized carbons (Fsp3) is 0.667. The van der Waals surface area contributed by atoms with Gasteiger partial charge < -0.3 is 10.3 Å². The quantitative estimate of drug-likeness (QED) is 0.613. The molecule has 0 spiro atoms. The van der Waals surface area contributed by atoms with Gasteiger partial charge in [0.05, 0.1) is 0 Å². The van der Waals surface area contributed by atoms with E-state index in [0.717, 1.165) is 23.1 Å². The smallest absolute Gasteiger partial charge is 0.148 e. The molecule has 1 aromatic rings. The Hall–Kier alpha value is -1.36. The predicted octanol–water partition coefficient (Wildman–Crippen LogP) is 1.61. The highest BCUT2D eigenvalue weighted by molar-refractivity contribution is 5.58. The molecule has 0 saturated heterocycles. The third-order valence-electron chi connectivity index (χ3n) is 3.62. The molecule has 1 atom stereocenters. The van der Waals surface area contributed by atoms with E-state index in [9.17, 15) is 0 Å². The molecule has 1 aliphatic rings. The lowest BCUT2D eigenvalue weighted by molar-refractivity contribution is 0.601. The number of hydrazine groups is 1. The molecule has 3 N–H and O–H groups in total. The summed E-state index contributed by atoms with van der Waals surface area (Å²) in [4.78, 5) is 11.1. The highest BCUT2D eigenvalue weighted by atomic mass is 15.3. The number of nitrogens with two attached hydrogens (primary N) is 1. The topological polar surface area (TPSA) is 67.1 Å². The summed E-state index contributed by atoms with van der Waals surface area (Å²) in [7, 11) is 2.10. The third-order valence-corrected chi connectivity index (χ3v) is 3.62. The van der Waals surface area contributed by atoms with Gasteiger partial charge in [0, 0.05) is 18.7 Å². The van der Waals surface area contributed by atoms with Crippen LogP contribution in [0.1, 0.15) is 31.2 Å². The average Bonchev–Trinajstić information content (AvgIpc) is 3.13. The van der Waals surface area contributed by atoms with Crippen molar-refractivity contribution in [3.63, 3.8) is 0 Å². The van der Waals surface area contributed by atoms with Gasteiger partial charge in [-0.05, 0) is 39.5 Å². The van der Waals surface area contributed by atoms with Crippen molar-refractivity contribution in [2.24, 2.45) is 11.8 Å². The maximum absolute atomic E-state index is 5.48. The largest absolute Gasteiger partial charge is 0.356 e. The molecule has 1 aromatic heterocycles. The van der Waals surface area contributed by atoms with E-state index >= 15 is 0 Å². The van der Waals surface area contributed by atoms with Crippen molar-refractivity contribution in [2.75, 3.05) is 17.4 Å². The molecule has 1 unspecified atom stereocenters. The lowest BCUT2D eigenvalue weighted by Crippen LogP contribution is -2.32. The first-order chi connectivity index (χ1) is 8.04. The number of hydrogen-bond donors (Lipinski definition) is 2. The Morgan fingerprint density at radius 1 is 1.35 bits per heavy atom. The number of rotatable bonds is 4. The molecular formula is C12H21N5. The summed E-state index contributed by atoms with van der Waals surface area (Å²) in [5, 5.41) is 0. The SMILES string of the molecule is Cc1nc(NN)c(C)c(N(C)C(C)C2CC2)n1. The molecule has 0 aromatic carbocycles. The summed E-state index contributed by atoms with van der Waals surface area (Å²) >= 11 is 0. The third kappa shape index (κ3) is 2.34. The number of aromatic nitrogens is 2. The van der Waals surface area contributed by atoms with Gasteiger partial charge in [-0.3, -0.25) is 0 Å². The Labute approximate surface area is 102 Å². The predicted molar refractivity (Wildman–Crippen MR) is 69.9 cm³/mol. The standard InChI is InChI=1S/C12H21N5/c1-7-11(16-13)14-9(3)15-12(7)17(4)8(2)10-5-6-10/h8,10H,5-6,13H2,1-4H3,(H,14,15,16). The van der Waals surface area contributed by atoms with E-state index in [0.29, 0.717) is 11.9 Å². The molecule has 0 aliphatic heterocycles. The monoisotopic (exact) mass is 235 g/mol. The van der Waals surface area contributed by atoms with E-state index in [1.54, 1.807) is 0 Å². The van der Waals surface area contributed by atoms with Crippen molar-refractivity contribution in [1.29, 1.82) is 0 Å². The van der Waals surface area contributed by atoms with E-state index in [-0.39, 0.29) is 0 Å². The average molecular weight is 235 g/mol. The zero-order chi connectivity index (χ0) is 12.6. The van der Waals surface area contributed by atoms with Crippen LogP contribution < -0.4 is 16.2 Å². The van der Waals surface area contributed by atoms with Crippen LogP contribution in [0.2, 0.25) is 0 Å². The van der Waals surface area contributed by atoms with Crippen molar-refractivity contribution >= 4 is 11.6 Å². The minimum absolute atomic E-state index is 0.522. The molecule has 1 aliphatic carbocycles. The number of nitrogens with one attached hydrogen (secondary N) is 1. The lowest BCUT2D eigenvalue weighted by Gasteiger charge is -2.28. The van der Waals surface area contributed by atoms with Crippen molar-refractivity contribution in [3.8, 4) is 0 Å². The number of anilines is 2. The molecule has 94 valence electrons.